The van der Waals surface area contributed by atoms with Gasteiger partial charge in [-0.2, -0.15) is 10.4 Å². The second-order valence-corrected chi connectivity index (χ2v) is 3.07. The Morgan fingerprint density at radius 2 is 2.13 bits per heavy atom. The molecule has 1 aromatic heterocycles. The number of hydrogen-bond donors (Lipinski definition) is 1. The van der Waals surface area contributed by atoms with Crippen LogP contribution in [0, 0.1) is 11.3 Å². The minimum absolute atomic E-state index is 0.431. The molecule has 1 aromatic carbocycles. The SMILES string of the molecule is N#Cc1ccnn1-c1ccccc1CN. The summed E-state index contributed by atoms with van der Waals surface area (Å²) in [7, 11) is 0. The van der Waals surface area contributed by atoms with E-state index in [2.05, 4.69) is 11.2 Å². The van der Waals surface area contributed by atoms with Crippen LogP contribution in [0.25, 0.3) is 5.69 Å². The van der Waals surface area contributed by atoms with Gasteiger partial charge in [-0.25, -0.2) is 4.68 Å². The zero-order valence-corrected chi connectivity index (χ0v) is 8.09. The quantitative estimate of drug-likeness (QED) is 0.788. The van der Waals surface area contributed by atoms with E-state index in [-0.39, 0.29) is 0 Å². The van der Waals surface area contributed by atoms with Crippen LogP contribution < -0.4 is 5.73 Å². The molecule has 0 aliphatic rings. The third-order valence-corrected chi connectivity index (χ3v) is 2.20. The van der Waals surface area contributed by atoms with Crippen molar-refractivity contribution in [2.24, 2.45) is 5.73 Å². The summed E-state index contributed by atoms with van der Waals surface area (Å²) in [5, 5.41) is 13.0. The van der Waals surface area contributed by atoms with E-state index < -0.39 is 0 Å². The maximum Gasteiger partial charge on any atom is 0.144 e. The summed E-state index contributed by atoms with van der Waals surface area (Å²) in [6, 6.07) is 11.4. The Labute approximate surface area is 87.6 Å². The largest absolute Gasteiger partial charge is 0.326 e. The monoisotopic (exact) mass is 198 g/mol. The van der Waals surface area contributed by atoms with Gasteiger partial charge in [0.15, 0.2) is 0 Å². The lowest BCUT2D eigenvalue weighted by Gasteiger charge is -2.07. The third-order valence-electron chi connectivity index (χ3n) is 2.20. The highest BCUT2D eigenvalue weighted by Crippen LogP contribution is 2.14. The Kier molecular flexibility index (Phi) is 2.48. The summed E-state index contributed by atoms with van der Waals surface area (Å²) in [6.45, 7) is 0.431. The number of benzene rings is 1. The van der Waals surface area contributed by atoms with E-state index in [9.17, 15) is 0 Å². The second kappa shape index (κ2) is 3.95. The summed E-state index contributed by atoms with van der Waals surface area (Å²) >= 11 is 0. The topological polar surface area (TPSA) is 67.6 Å². The number of nitrogens with zero attached hydrogens (tertiary/aromatic N) is 3. The molecule has 4 heteroatoms. The first-order valence-corrected chi connectivity index (χ1v) is 4.59. The second-order valence-electron chi connectivity index (χ2n) is 3.07. The van der Waals surface area contributed by atoms with Gasteiger partial charge in [-0.1, -0.05) is 18.2 Å². The number of nitriles is 1. The molecule has 74 valence electrons. The van der Waals surface area contributed by atoms with E-state index in [1.165, 1.54) is 0 Å². The number of hydrogen-bond acceptors (Lipinski definition) is 3. The predicted molar refractivity (Wildman–Crippen MR) is 56.2 cm³/mol. The van der Waals surface area contributed by atoms with Crippen LogP contribution in [-0.4, -0.2) is 9.78 Å². The van der Waals surface area contributed by atoms with Crippen molar-refractivity contribution in [2.45, 2.75) is 6.54 Å². The fourth-order valence-corrected chi connectivity index (χ4v) is 1.47. The van der Waals surface area contributed by atoms with Crippen LogP contribution in [0.2, 0.25) is 0 Å². The number of para-hydroxylation sites is 1. The van der Waals surface area contributed by atoms with Gasteiger partial charge in [0.2, 0.25) is 0 Å². The van der Waals surface area contributed by atoms with Crippen molar-refractivity contribution in [1.29, 1.82) is 5.26 Å². The molecule has 2 N–H and O–H groups in total. The Balaban J connectivity index is 2.59. The van der Waals surface area contributed by atoms with Crippen LogP contribution in [-0.2, 0) is 6.54 Å². The highest BCUT2D eigenvalue weighted by molar-refractivity contribution is 5.43. The van der Waals surface area contributed by atoms with Gasteiger partial charge in [0.05, 0.1) is 11.9 Å². The molecular weight excluding hydrogens is 188 g/mol. The van der Waals surface area contributed by atoms with E-state index >= 15 is 0 Å². The molecule has 0 fully saturated rings. The molecule has 4 nitrogen and oxygen atoms in total. The van der Waals surface area contributed by atoms with Crippen molar-refractivity contribution in [3.05, 3.63) is 47.8 Å². The normalized spacial score (nSPS) is 9.87. The Hall–Kier alpha value is -2.12. The number of nitrogens with two attached hydrogens (primary N) is 1. The van der Waals surface area contributed by atoms with Crippen LogP contribution in [0.1, 0.15) is 11.3 Å². The van der Waals surface area contributed by atoms with E-state index in [1.54, 1.807) is 16.9 Å². The fraction of sp³-hybridized carbons (Fsp3) is 0.0909. The Morgan fingerprint density at radius 3 is 2.87 bits per heavy atom. The highest BCUT2D eigenvalue weighted by Gasteiger charge is 2.06. The first kappa shape index (κ1) is 9.44. The standard InChI is InChI=1S/C11H10N4/c12-7-9-3-1-2-4-11(9)15-10(8-13)5-6-14-15/h1-6H,7,12H2. The van der Waals surface area contributed by atoms with E-state index in [0.29, 0.717) is 12.2 Å². The molecular formula is C11H10N4. The lowest BCUT2D eigenvalue weighted by molar-refractivity contribution is 0.846. The Bertz CT molecular complexity index is 507. The van der Waals surface area contributed by atoms with Crippen LogP contribution in [0.5, 0.6) is 0 Å². The molecule has 0 saturated carbocycles. The van der Waals surface area contributed by atoms with Gasteiger partial charge in [0, 0.05) is 6.54 Å². The molecule has 0 aliphatic carbocycles. The predicted octanol–water partition coefficient (Wildman–Crippen LogP) is 1.20. The van der Waals surface area contributed by atoms with Crippen molar-refractivity contribution >= 4 is 0 Å². The molecule has 2 rings (SSSR count). The zero-order valence-electron chi connectivity index (χ0n) is 8.09. The summed E-state index contributed by atoms with van der Waals surface area (Å²) in [4.78, 5) is 0. The number of aromatic nitrogens is 2. The van der Waals surface area contributed by atoms with Crippen LogP contribution >= 0.6 is 0 Å². The molecule has 0 unspecified atom stereocenters. The first-order valence-electron chi connectivity index (χ1n) is 4.59. The molecule has 2 aromatic rings. The molecule has 1 heterocycles. The lowest BCUT2D eigenvalue weighted by atomic mass is 10.2. The van der Waals surface area contributed by atoms with Gasteiger partial charge in [-0.05, 0) is 17.7 Å². The molecule has 0 atom stereocenters. The van der Waals surface area contributed by atoms with Gasteiger partial charge in [0.1, 0.15) is 11.8 Å². The summed E-state index contributed by atoms with van der Waals surface area (Å²) in [5.41, 5.74) is 7.97. The maximum atomic E-state index is 8.89. The van der Waals surface area contributed by atoms with E-state index in [4.69, 9.17) is 11.0 Å². The molecule has 0 radical (unpaired) electrons. The van der Waals surface area contributed by atoms with Gasteiger partial charge < -0.3 is 5.73 Å². The van der Waals surface area contributed by atoms with Crippen LogP contribution in [0.4, 0.5) is 0 Å². The molecule has 0 bridgehead atoms. The van der Waals surface area contributed by atoms with Crippen LogP contribution in [0.15, 0.2) is 36.5 Å². The summed E-state index contributed by atoms with van der Waals surface area (Å²) < 4.78 is 1.60. The highest BCUT2D eigenvalue weighted by atomic mass is 15.3. The summed E-state index contributed by atoms with van der Waals surface area (Å²) in [6.07, 6.45) is 1.60. The molecule has 0 aliphatic heterocycles. The van der Waals surface area contributed by atoms with Gasteiger partial charge >= 0.3 is 0 Å². The van der Waals surface area contributed by atoms with Crippen molar-refractivity contribution in [2.75, 3.05) is 0 Å². The molecule has 0 spiro atoms. The lowest BCUT2D eigenvalue weighted by Crippen LogP contribution is -2.06. The van der Waals surface area contributed by atoms with Crippen molar-refractivity contribution in [3.63, 3.8) is 0 Å². The molecule has 0 saturated heterocycles. The fourth-order valence-electron chi connectivity index (χ4n) is 1.47. The zero-order chi connectivity index (χ0) is 10.7. The molecule has 0 amide bonds. The number of rotatable bonds is 2. The van der Waals surface area contributed by atoms with Gasteiger partial charge in [0.25, 0.3) is 0 Å². The maximum absolute atomic E-state index is 8.89. The smallest absolute Gasteiger partial charge is 0.144 e. The minimum atomic E-state index is 0.431. The van der Waals surface area contributed by atoms with Gasteiger partial charge in [-0.15, -0.1) is 0 Å². The minimum Gasteiger partial charge on any atom is -0.326 e. The van der Waals surface area contributed by atoms with Crippen LogP contribution in [0.3, 0.4) is 0 Å². The Morgan fingerprint density at radius 1 is 1.33 bits per heavy atom. The van der Waals surface area contributed by atoms with Crippen molar-refractivity contribution in [3.8, 4) is 11.8 Å². The van der Waals surface area contributed by atoms with Crippen molar-refractivity contribution in [1.82, 2.24) is 9.78 Å². The molecule has 15 heavy (non-hydrogen) atoms. The first-order chi connectivity index (χ1) is 7.36. The third kappa shape index (κ3) is 1.60. The van der Waals surface area contributed by atoms with Gasteiger partial charge in [-0.3, -0.25) is 0 Å². The van der Waals surface area contributed by atoms with E-state index in [1.807, 2.05) is 24.3 Å². The average molecular weight is 198 g/mol. The van der Waals surface area contributed by atoms with E-state index in [0.717, 1.165) is 11.3 Å². The summed E-state index contributed by atoms with van der Waals surface area (Å²) in [5.74, 6) is 0. The van der Waals surface area contributed by atoms with Crippen molar-refractivity contribution < 1.29 is 0 Å². The average Bonchev–Trinajstić information content (AvgIpc) is 2.76.